The summed E-state index contributed by atoms with van der Waals surface area (Å²) in [6.07, 6.45) is -0.414. The van der Waals surface area contributed by atoms with Crippen LogP contribution in [-0.2, 0) is 4.74 Å². The third-order valence-electron chi connectivity index (χ3n) is 2.85. The molecule has 2 aromatic carbocycles. The number of hydrogen-bond donors (Lipinski definition) is 0. The molecule has 0 aliphatic heterocycles. The molecular formula is C15H13NO4. The van der Waals surface area contributed by atoms with E-state index in [0.717, 1.165) is 5.56 Å². The molecule has 0 heterocycles. The second-order valence-corrected chi connectivity index (χ2v) is 4.27. The number of benzene rings is 2. The van der Waals surface area contributed by atoms with Crippen LogP contribution in [0.5, 0.6) is 0 Å². The maximum absolute atomic E-state index is 12.0. The fourth-order valence-corrected chi connectivity index (χ4v) is 1.77. The quantitative estimate of drug-likeness (QED) is 0.484. The number of carbonyl (C=O) groups is 1. The first-order chi connectivity index (χ1) is 9.58. The van der Waals surface area contributed by atoms with E-state index in [-0.39, 0.29) is 11.3 Å². The van der Waals surface area contributed by atoms with E-state index in [1.807, 2.05) is 30.3 Å². The molecule has 20 heavy (non-hydrogen) atoms. The van der Waals surface area contributed by atoms with Gasteiger partial charge >= 0.3 is 5.97 Å². The largest absolute Gasteiger partial charge is 0.454 e. The van der Waals surface area contributed by atoms with E-state index in [4.69, 9.17) is 4.74 Å². The molecule has 0 saturated carbocycles. The van der Waals surface area contributed by atoms with Gasteiger partial charge in [-0.3, -0.25) is 10.1 Å². The molecule has 1 atom stereocenters. The zero-order chi connectivity index (χ0) is 14.5. The second kappa shape index (κ2) is 5.97. The van der Waals surface area contributed by atoms with Crippen LogP contribution in [0.3, 0.4) is 0 Å². The maximum atomic E-state index is 12.0. The highest BCUT2D eigenvalue weighted by Gasteiger charge is 2.16. The Bertz CT molecular complexity index is 625. The average molecular weight is 271 g/mol. The Morgan fingerprint density at radius 1 is 1.15 bits per heavy atom. The molecule has 0 aliphatic carbocycles. The molecule has 0 aromatic heterocycles. The zero-order valence-corrected chi connectivity index (χ0v) is 10.9. The van der Waals surface area contributed by atoms with Crippen LogP contribution in [0.1, 0.15) is 28.9 Å². The lowest BCUT2D eigenvalue weighted by molar-refractivity contribution is -0.384. The highest BCUT2D eigenvalue weighted by molar-refractivity contribution is 5.90. The monoisotopic (exact) mass is 271 g/mol. The molecule has 0 spiro atoms. The normalized spacial score (nSPS) is 11.7. The molecule has 0 amide bonds. The van der Waals surface area contributed by atoms with Crippen LogP contribution in [0, 0.1) is 10.1 Å². The first-order valence-electron chi connectivity index (χ1n) is 6.08. The van der Waals surface area contributed by atoms with Crippen LogP contribution in [-0.4, -0.2) is 10.9 Å². The highest BCUT2D eigenvalue weighted by Crippen LogP contribution is 2.20. The molecule has 0 saturated heterocycles. The fraction of sp³-hybridized carbons (Fsp3) is 0.133. The number of rotatable bonds is 4. The van der Waals surface area contributed by atoms with Crippen molar-refractivity contribution in [2.75, 3.05) is 0 Å². The van der Waals surface area contributed by atoms with Crippen molar-refractivity contribution in [2.45, 2.75) is 13.0 Å². The number of nitro groups is 1. The Balaban J connectivity index is 2.12. The average Bonchev–Trinajstić information content (AvgIpc) is 2.48. The van der Waals surface area contributed by atoms with Gasteiger partial charge in [0.1, 0.15) is 6.10 Å². The molecule has 0 fully saturated rings. The molecule has 0 bridgehead atoms. The lowest BCUT2D eigenvalue weighted by atomic mass is 10.1. The third-order valence-corrected chi connectivity index (χ3v) is 2.85. The van der Waals surface area contributed by atoms with Gasteiger partial charge in [-0.2, -0.15) is 0 Å². The Morgan fingerprint density at radius 2 is 1.85 bits per heavy atom. The van der Waals surface area contributed by atoms with Crippen molar-refractivity contribution in [1.29, 1.82) is 0 Å². The summed E-state index contributed by atoms with van der Waals surface area (Å²) in [4.78, 5) is 22.1. The minimum atomic E-state index is -0.579. The smallest absolute Gasteiger partial charge is 0.338 e. The van der Waals surface area contributed by atoms with Crippen LogP contribution >= 0.6 is 0 Å². The fourth-order valence-electron chi connectivity index (χ4n) is 1.77. The summed E-state index contributed by atoms with van der Waals surface area (Å²) in [6, 6.07) is 14.8. The lowest BCUT2D eigenvalue weighted by Crippen LogP contribution is -2.09. The van der Waals surface area contributed by atoms with Crippen molar-refractivity contribution < 1.29 is 14.5 Å². The van der Waals surface area contributed by atoms with Crippen molar-refractivity contribution in [3.8, 4) is 0 Å². The van der Waals surface area contributed by atoms with Gasteiger partial charge in [0.25, 0.3) is 5.69 Å². The number of carbonyl (C=O) groups excluding carboxylic acids is 1. The highest BCUT2D eigenvalue weighted by atomic mass is 16.6. The Morgan fingerprint density at radius 3 is 2.50 bits per heavy atom. The van der Waals surface area contributed by atoms with Gasteiger partial charge in [0.15, 0.2) is 0 Å². The third kappa shape index (κ3) is 3.20. The number of esters is 1. The van der Waals surface area contributed by atoms with Gasteiger partial charge in [0.05, 0.1) is 10.5 Å². The van der Waals surface area contributed by atoms with Gasteiger partial charge in [-0.15, -0.1) is 0 Å². The van der Waals surface area contributed by atoms with E-state index in [2.05, 4.69) is 0 Å². The van der Waals surface area contributed by atoms with Gasteiger partial charge in [-0.1, -0.05) is 36.4 Å². The van der Waals surface area contributed by atoms with E-state index in [0.29, 0.717) is 0 Å². The molecule has 102 valence electrons. The summed E-state index contributed by atoms with van der Waals surface area (Å²) in [5.41, 5.74) is 0.903. The van der Waals surface area contributed by atoms with Crippen LogP contribution in [0.25, 0.3) is 0 Å². The molecule has 0 unspecified atom stereocenters. The molecule has 2 rings (SSSR count). The number of nitrogens with zero attached hydrogens (tertiary/aromatic N) is 1. The first kappa shape index (κ1) is 13.7. The van der Waals surface area contributed by atoms with Gasteiger partial charge < -0.3 is 4.74 Å². The minimum Gasteiger partial charge on any atom is -0.454 e. The summed E-state index contributed by atoms with van der Waals surface area (Å²) in [5.74, 6) is -0.579. The summed E-state index contributed by atoms with van der Waals surface area (Å²) in [6.45, 7) is 1.75. The Kier molecular flexibility index (Phi) is 4.10. The van der Waals surface area contributed by atoms with Crippen LogP contribution < -0.4 is 0 Å². The van der Waals surface area contributed by atoms with Gasteiger partial charge in [-0.05, 0) is 18.6 Å². The number of ether oxygens (including phenoxy) is 1. The first-order valence-corrected chi connectivity index (χ1v) is 6.08. The van der Waals surface area contributed by atoms with Gasteiger partial charge in [-0.25, -0.2) is 4.79 Å². The predicted octanol–water partition coefficient (Wildman–Crippen LogP) is 3.51. The SMILES string of the molecule is C[C@H](OC(=O)c1cccc([N+](=O)[O-])c1)c1ccccc1. The molecule has 0 radical (unpaired) electrons. The molecule has 0 N–H and O–H groups in total. The van der Waals surface area contributed by atoms with Crippen molar-refractivity contribution in [2.24, 2.45) is 0 Å². The summed E-state index contributed by atoms with van der Waals surface area (Å²) in [5, 5.41) is 10.7. The van der Waals surface area contributed by atoms with Crippen LogP contribution in [0.15, 0.2) is 54.6 Å². The lowest BCUT2D eigenvalue weighted by Gasteiger charge is -2.13. The van der Waals surface area contributed by atoms with Gasteiger partial charge in [0.2, 0.25) is 0 Å². The predicted molar refractivity (Wildman–Crippen MR) is 73.4 cm³/mol. The van der Waals surface area contributed by atoms with E-state index < -0.39 is 17.0 Å². The Labute approximate surface area is 116 Å². The number of hydrogen-bond acceptors (Lipinski definition) is 4. The molecular weight excluding hydrogens is 258 g/mol. The van der Waals surface area contributed by atoms with Crippen LogP contribution in [0.4, 0.5) is 5.69 Å². The number of nitro benzene ring substituents is 1. The molecule has 0 aliphatic rings. The molecule has 5 heteroatoms. The molecule has 5 nitrogen and oxygen atoms in total. The van der Waals surface area contributed by atoms with E-state index in [1.165, 1.54) is 24.3 Å². The standard InChI is InChI=1S/C15H13NO4/c1-11(12-6-3-2-4-7-12)20-15(17)13-8-5-9-14(10-13)16(18)19/h2-11H,1H3/t11-/m0/s1. The Hall–Kier alpha value is -2.69. The number of non-ortho nitro benzene ring substituents is 1. The maximum Gasteiger partial charge on any atom is 0.338 e. The van der Waals surface area contributed by atoms with Crippen molar-refractivity contribution in [3.63, 3.8) is 0 Å². The topological polar surface area (TPSA) is 69.4 Å². The van der Waals surface area contributed by atoms with E-state index in [9.17, 15) is 14.9 Å². The van der Waals surface area contributed by atoms with Crippen LogP contribution in [0.2, 0.25) is 0 Å². The van der Waals surface area contributed by atoms with Crippen molar-refractivity contribution >= 4 is 11.7 Å². The minimum absolute atomic E-state index is 0.133. The summed E-state index contributed by atoms with van der Waals surface area (Å²) in [7, 11) is 0. The second-order valence-electron chi connectivity index (χ2n) is 4.27. The van der Waals surface area contributed by atoms with Crippen molar-refractivity contribution in [1.82, 2.24) is 0 Å². The summed E-state index contributed by atoms with van der Waals surface area (Å²) < 4.78 is 5.30. The van der Waals surface area contributed by atoms with Gasteiger partial charge in [0, 0.05) is 12.1 Å². The zero-order valence-electron chi connectivity index (χ0n) is 10.9. The van der Waals surface area contributed by atoms with Crippen molar-refractivity contribution in [3.05, 3.63) is 75.8 Å². The molecule has 2 aromatic rings. The summed E-state index contributed by atoms with van der Waals surface area (Å²) >= 11 is 0. The van der Waals surface area contributed by atoms with E-state index in [1.54, 1.807) is 6.92 Å². The van der Waals surface area contributed by atoms with E-state index >= 15 is 0 Å².